The number of nitrogens with zero attached hydrogens (tertiary/aromatic N) is 3. The molecule has 31 heavy (non-hydrogen) atoms. The standard InChI is InChI=1S/C22H26N4O3S2/c1-16-7-8-18-19(14-23)22(30-20(18)13-16)24-21(27)15-25-9-11-26(12-10-25)31(28,29)17-5-3-2-4-6-17/h2-6,16H,7-13,15H2,1H3,(H,24,27). The van der Waals surface area contributed by atoms with E-state index in [1.54, 1.807) is 30.3 Å². The summed E-state index contributed by atoms with van der Waals surface area (Å²) in [6.07, 6.45) is 2.92. The number of rotatable bonds is 5. The van der Waals surface area contributed by atoms with Crippen LogP contribution in [-0.4, -0.2) is 56.3 Å². The van der Waals surface area contributed by atoms with E-state index >= 15 is 0 Å². The molecule has 0 bridgehead atoms. The molecule has 1 unspecified atom stereocenters. The second-order valence-corrected chi connectivity index (χ2v) is 11.3. The van der Waals surface area contributed by atoms with E-state index < -0.39 is 10.0 Å². The van der Waals surface area contributed by atoms with Crippen LogP contribution < -0.4 is 5.32 Å². The lowest BCUT2D eigenvalue weighted by atomic mass is 9.89. The quantitative estimate of drug-likeness (QED) is 0.744. The maximum Gasteiger partial charge on any atom is 0.243 e. The number of benzene rings is 1. The number of carbonyl (C=O) groups is 1. The van der Waals surface area contributed by atoms with Crippen LogP contribution in [0.4, 0.5) is 5.00 Å². The second-order valence-electron chi connectivity index (χ2n) is 8.21. The number of hydrogen-bond acceptors (Lipinski definition) is 6. The van der Waals surface area contributed by atoms with Crippen molar-refractivity contribution in [2.45, 2.75) is 31.1 Å². The summed E-state index contributed by atoms with van der Waals surface area (Å²) >= 11 is 1.52. The predicted octanol–water partition coefficient (Wildman–Crippen LogP) is 2.69. The highest BCUT2D eigenvalue weighted by Crippen LogP contribution is 2.39. The molecule has 1 fully saturated rings. The Morgan fingerprint density at radius 3 is 2.61 bits per heavy atom. The van der Waals surface area contributed by atoms with Crippen molar-refractivity contribution in [2.75, 3.05) is 38.0 Å². The van der Waals surface area contributed by atoms with E-state index in [9.17, 15) is 18.5 Å². The van der Waals surface area contributed by atoms with Gasteiger partial charge in [-0.3, -0.25) is 9.69 Å². The summed E-state index contributed by atoms with van der Waals surface area (Å²) in [5, 5.41) is 13.2. The van der Waals surface area contributed by atoms with Gasteiger partial charge in [0.05, 0.1) is 17.0 Å². The fraction of sp³-hybridized carbons (Fsp3) is 0.455. The smallest absolute Gasteiger partial charge is 0.243 e. The Balaban J connectivity index is 1.35. The van der Waals surface area contributed by atoms with Gasteiger partial charge in [0.25, 0.3) is 0 Å². The zero-order valence-corrected chi connectivity index (χ0v) is 19.1. The van der Waals surface area contributed by atoms with Crippen LogP contribution in [0, 0.1) is 17.2 Å². The third kappa shape index (κ3) is 4.67. The highest BCUT2D eigenvalue weighted by Gasteiger charge is 2.29. The molecule has 1 aliphatic heterocycles. The van der Waals surface area contributed by atoms with Crippen molar-refractivity contribution in [3.63, 3.8) is 0 Å². The SMILES string of the molecule is CC1CCc2c(sc(NC(=O)CN3CCN(S(=O)(=O)c4ccccc4)CC3)c2C#N)C1. The third-order valence-electron chi connectivity index (χ3n) is 5.96. The summed E-state index contributed by atoms with van der Waals surface area (Å²) in [6.45, 7) is 4.07. The number of nitrogens with one attached hydrogen (secondary N) is 1. The lowest BCUT2D eigenvalue weighted by Gasteiger charge is -2.33. The van der Waals surface area contributed by atoms with Gasteiger partial charge in [-0.1, -0.05) is 25.1 Å². The van der Waals surface area contributed by atoms with Gasteiger partial charge in [-0.25, -0.2) is 8.42 Å². The average Bonchev–Trinajstić information content (AvgIpc) is 3.10. The van der Waals surface area contributed by atoms with Gasteiger partial charge in [0.2, 0.25) is 15.9 Å². The Bertz CT molecular complexity index is 1100. The first-order chi connectivity index (χ1) is 14.9. The molecule has 1 aromatic carbocycles. The molecule has 0 saturated carbocycles. The first kappa shape index (κ1) is 22.0. The van der Waals surface area contributed by atoms with Crippen LogP contribution in [0.25, 0.3) is 0 Å². The Kier molecular flexibility index (Phi) is 6.44. The number of nitriles is 1. The maximum atomic E-state index is 12.7. The highest BCUT2D eigenvalue weighted by atomic mass is 32.2. The first-order valence-corrected chi connectivity index (χ1v) is 12.8. The second kappa shape index (κ2) is 9.09. The van der Waals surface area contributed by atoms with Gasteiger partial charge in [0.1, 0.15) is 11.1 Å². The van der Waals surface area contributed by atoms with Crippen molar-refractivity contribution in [2.24, 2.45) is 5.92 Å². The zero-order chi connectivity index (χ0) is 22.0. The van der Waals surface area contributed by atoms with E-state index in [-0.39, 0.29) is 12.5 Å². The molecule has 2 heterocycles. The number of anilines is 1. The number of fused-ring (bicyclic) bond motifs is 1. The average molecular weight is 459 g/mol. The van der Waals surface area contributed by atoms with Gasteiger partial charge in [0, 0.05) is 31.1 Å². The van der Waals surface area contributed by atoms with Gasteiger partial charge < -0.3 is 5.32 Å². The van der Waals surface area contributed by atoms with Crippen molar-refractivity contribution in [3.8, 4) is 6.07 Å². The largest absolute Gasteiger partial charge is 0.315 e. The molecule has 1 aliphatic carbocycles. The first-order valence-electron chi connectivity index (χ1n) is 10.5. The molecule has 0 spiro atoms. The predicted molar refractivity (Wildman–Crippen MR) is 120 cm³/mol. The van der Waals surface area contributed by atoms with E-state index in [0.717, 1.165) is 24.8 Å². The summed E-state index contributed by atoms with van der Waals surface area (Å²) in [4.78, 5) is 16.1. The van der Waals surface area contributed by atoms with Crippen LogP contribution in [0.3, 0.4) is 0 Å². The molecule has 164 valence electrons. The number of amides is 1. The van der Waals surface area contributed by atoms with Crippen molar-refractivity contribution in [1.82, 2.24) is 9.21 Å². The van der Waals surface area contributed by atoms with E-state index in [1.165, 1.54) is 20.5 Å². The highest BCUT2D eigenvalue weighted by molar-refractivity contribution is 7.89. The summed E-state index contributed by atoms with van der Waals surface area (Å²) in [6, 6.07) is 10.7. The molecule has 1 amide bonds. The lowest BCUT2D eigenvalue weighted by molar-refractivity contribution is -0.117. The number of piperazine rings is 1. The van der Waals surface area contributed by atoms with Crippen LogP contribution in [0.1, 0.15) is 29.3 Å². The summed E-state index contributed by atoms with van der Waals surface area (Å²) < 4.78 is 27.0. The minimum Gasteiger partial charge on any atom is -0.315 e. The van der Waals surface area contributed by atoms with Crippen LogP contribution in [0.5, 0.6) is 0 Å². The molecule has 9 heteroatoms. The summed E-state index contributed by atoms with van der Waals surface area (Å²) in [5.41, 5.74) is 1.71. The molecular weight excluding hydrogens is 432 g/mol. The van der Waals surface area contributed by atoms with Gasteiger partial charge in [0.15, 0.2) is 0 Å². The van der Waals surface area contributed by atoms with E-state index in [1.807, 2.05) is 4.90 Å². The van der Waals surface area contributed by atoms with Gasteiger partial charge in [-0.2, -0.15) is 9.57 Å². The Labute approximate surface area is 187 Å². The monoisotopic (exact) mass is 458 g/mol. The molecule has 0 radical (unpaired) electrons. The van der Waals surface area contributed by atoms with Gasteiger partial charge >= 0.3 is 0 Å². The van der Waals surface area contributed by atoms with E-state index in [4.69, 9.17) is 0 Å². The van der Waals surface area contributed by atoms with E-state index in [2.05, 4.69) is 18.3 Å². The molecule has 7 nitrogen and oxygen atoms in total. The summed E-state index contributed by atoms with van der Waals surface area (Å²) in [7, 11) is -3.51. The van der Waals surface area contributed by atoms with Gasteiger partial charge in [-0.15, -0.1) is 11.3 Å². The third-order valence-corrected chi connectivity index (χ3v) is 9.04. The van der Waals surface area contributed by atoms with E-state index in [0.29, 0.717) is 47.6 Å². The molecular formula is C22H26N4O3S2. The molecule has 2 aliphatic rings. The Hall–Kier alpha value is -2.25. The van der Waals surface area contributed by atoms with Crippen molar-refractivity contribution in [3.05, 3.63) is 46.3 Å². The molecule has 1 saturated heterocycles. The number of thiophene rings is 1. The van der Waals surface area contributed by atoms with Crippen LogP contribution in [0.15, 0.2) is 35.2 Å². The topological polar surface area (TPSA) is 93.5 Å². The fourth-order valence-electron chi connectivity index (χ4n) is 4.20. The van der Waals surface area contributed by atoms with Crippen molar-refractivity contribution in [1.29, 1.82) is 5.26 Å². The van der Waals surface area contributed by atoms with Crippen LogP contribution in [0.2, 0.25) is 0 Å². The minimum absolute atomic E-state index is 0.164. The molecule has 1 atom stereocenters. The normalized spacial score (nSPS) is 20.1. The summed E-state index contributed by atoms with van der Waals surface area (Å²) in [5.74, 6) is 0.437. The number of carbonyl (C=O) groups excluding carboxylic acids is 1. The minimum atomic E-state index is -3.51. The number of hydrogen-bond donors (Lipinski definition) is 1. The fourth-order valence-corrected chi connectivity index (χ4v) is 7.02. The Morgan fingerprint density at radius 1 is 1.23 bits per heavy atom. The Morgan fingerprint density at radius 2 is 1.94 bits per heavy atom. The van der Waals surface area contributed by atoms with Crippen molar-refractivity contribution >= 4 is 32.3 Å². The van der Waals surface area contributed by atoms with Crippen LogP contribution in [-0.2, 0) is 27.7 Å². The van der Waals surface area contributed by atoms with Gasteiger partial charge in [-0.05, 0) is 42.9 Å². The maximum absolute atomic E-state index is 12.7. The molecule has 1 N–H and O–H groups in total. The molecule has 2 aromatic rings. The molecule has 1 aromatic heterocycles. The number of sulfonamides is 1. The lowest BCUT2D eigenvalue weighted by Crippen LogP contribution is -2.50. The van der Waals surface area contributed by atoms with Crippen molar-refractivity contribution < 1.29 is 13.2 Å². The molecule has 4 rings (SSSR count). The zero-order valence-electron chi connectivity index (χ0n) is 17.5. The van der Waals surface area contributed by atoms with Crippen LogP contribution >= 0.6 is 11.3 Å².